The Kier molecular flexibility index (Phi) is 14.7. The van der Waals surface area contributed by atoms with E-state index in [1.54, 1.807) is 49.6 Å². The van der Waals surface area contributed by atoms with Gasteiger partial charge in [-0.2, -0.15) is 10.2 Å². The molecular weight excluding hydrogens is 616 g/mol. The number of benzene rings is 3. The molecule has 0 radical (unpaired) electrons. The van der Waals surface area contributed by atoms with Gasteiger partial charge in [0.15, 0.2) is 5.76 Å². The fourth-order valence-corrected chi connectivity index (χ4v) is 4.28. The van der Waals surface area contributed by atoms with Crippen LogP contribution in [0.25, 0.3) is 11.3 Å². The van der Waals surface area contributed by atoms with Crippen LogP contribution in [0.4, 0.5) is 17.1 Å². The summed E-state index contributed by atoms with van der Waals surface area (Å²) in [6.45, 7) is 3.43. The highest BCUT2D eigenvalue weighted by atomic mass is 16.5. The van der Waals surface area contributed by atoms with Gasteiger partial charge in [0.2, 0.25) is 0 Å². The van der Waals surface area contributed by atoms with Gasteiger partial charge >= 0.3 is 0 Å². The van der Waals surface area contributed by atoms with Gasteiger partial charge in [0.05, 0.1) is 51.0 Å². The van der Waals surface area contributed by atoms with E-state index in [1.165, 1.54) is 0 Å². The maximum atomic E-state index is 12.4. The van der Waals surface area contributed by atoms with E-state index >= 15 is 0 Å². The minimum atomic E-state index is -0.191. The lowest BCUT2D eigenvalue weighted by Crippen LogP contribution is -2.28. The molecule has 2 amide bonds. The van der Waals surface area contributed by atoms with Crippen LogP contribution in [-0.2, 0) is 25.6 Å². The second-order valence-corrected chi connectivity index (χ2v) is 10.7. The summed E-state index contributed by atoms with van der Waals surface area (Å²) >= 11 is 0. The molecule has 0 aliphatic heterocycles. The summed E-state index contributed by atoms with van der Waals surface area (Å²) in [6.07, 6.45) is 0. The van der Waals surface area contributed by atoms with E-state index in [2.05, 4.69) is 26.0 Å². The first kappa shape index (κ1) is 35.9. The number of rotatable bonds is 20. The van der Waals surface area contributed by atoms with E-state index < -0.39 is 0 Å². The summed E-state index contributed by atoms with van der Waals surface area (Å²) < 4.78 is 26.8. The largest absolute Gasteiger partial charge is 0.378 e. The number of nitrogens with one attached hydrogen (secondary N) is 2. The number of ether oxygens (including phenoxy) is 4. The van der Waals surface area contributed by atoms with Gasteiger partial charge in [-0.3, -0.25) is 9.59 Å². The SMILES string of the molecule is COCc1cc(-c2ccc(C(=O)NCCOCCOCCOCCNC(=O)c3ccc(N=Nc4ccc(N(C)C)cc4)cc3)cc2)no1. The molecule has 0 spiro atoms. The molecule has 1 aromatic heterocycles. The lowest BCUT2D eigenvalue weighted by Gasteiger charge is -2.11. The Morgan fingerprint density at radius 2 is 1.19 bits per heavy atom. The third-order valence-corrected chi connectivity index (χ3v) is 6.87. The molecule has 2 N–H and O–H groups in total. The molecule has 0 aliphatic rings. The van der Waals surface area contributed by atoms with Crippen LogP contribution in [0, 0.1) is 0 Å². The predicted octanol–water partition coefficient (Wildman–Crippen LogP) is 5.18. The molecule has 3 aromatic carbocycles. The molecule has 48 heavy (non-hydrogen) atoms. The third kappa shape index (κ3) is 12.0. The molecule has 0 saturated heterocycles. The van der Waals surface area contributed by atoms with Crippen molar-refractivity contribution in [1.82, 2.24) is 15.8 Å². The first-order valence-corrected chi connectivity index (χ1v) is 15.6. The Labute approximate surface area is 280 Å². The summed E-state index contributed by atoms with van der Waals surface area (Å²) in [7, 11) is 5.55. The number of anilines is 1. The highest BCUT2D eigenvalue weighted by molar-refractivity contribution is 5.95. The Hall–Kier alpha value is -4.95. The smallest absolute Gasteiger partial charge is 0.251 e. The Balaban J connectivity index is 0.974. The van der Waals surface area contributed by atoms with Gasteiger partial charge in [-0.25, -0.2) is 0 Å². The van der Waals surface area contributed by atoms with Gasteiger partial charge in [0.1, 0.15) is 12.3 Å². The average Bonchev–Trinajstić information content (AvgIpc) is 3.58. The molecule has 0 atom stereocenters. The molecule has 0 aliphatic carbocycles. The van der Waals surface area contributed by atoms with Crippen molar-refractivity contribution < 1.29 is 33.1 Å². The van der Waals surface area contributed by atoms with E-state index in [4.69, 9.17) is 23.5 Å². The zero-order valence-electron chi connectivity index (χ0n) is 27.5. The molecule has 254 valence electrons. The van der Waals surface area contributed by atoms with E-state index in [1.807, 2.05) is 55.4 Å². The number of nitrogens with zero attached hydrogens (tertiary/aromatic N) is 4. The topological polar surface area (TPSA) is 149 Å². The van der Waals surface area contributed by atoms with Crippen LogP contribution in [0.2, 0.25) is 0 Å². The van der Waals surface area contributed by atoms with E-state index in [0.29, 0.717) is 87.6 Å². The zero-order chi connectivity index (χ0) is 34.0. The van der Waals surface area contributed by atoms with Crippen molar-refractivity contribution in [3.63, 3.8) is 0 Å². The van der Waals surface area contributed by atoms with Crippen LogP contribution in [0.3, 0.4) is 0 Å². The highest BCUT2D eigenvalue weighted by Crippen LogP contribution is 2.22. The fourth-order valence-electron chi connectivity index (χ4n) is 4.28. The monoisotopic (exact) mass is 658 g/mol. The first-order chi connectivity index (χ1) is 23.4. The molecule has 4 rings (SSSR count). The van der Waals surface area contributed by atoms with Crippen LogP contribution in [-0.4, -0.2) is 90.9 Å². The maximum absolute atomic E-state index is 12.4. The number of amides is 2. The molecular formula is C35H42N6O7. The molecule has 0 fully saturated rings. The fraction of sp³-hybridized carbons (Fsp3) is 0.343. The minimum absolute atomic E-state index is 0.186. The number of carbonyl (C=O) groups excluding carboxylic acids is 2. The van der Waals surface area contributed by atoms with Gasteiger partial charge in [-0.1, -0.05) is 17.3 Å². The summed E-state index contributed by atoms with van der Waals surface area (Å²) in [5.41, 5.74) is 5.09. The number of methoxy groups -OCH3 is 1. The number of azo groups is 1. The van der Waals surface area contributed by atoms with Crippen molar-refractivity contribution in [2.45, 2.75) is 6.61 Å². The van der Waals surface area contributed by atoms with E-state index in [-0.39, 0.29) is 11.8 Å². The minimum Gasteiger partial charge on any atom is -0.378 e. The molecule has 0 saturated carbocycles. The molecule has 0 bridgehead atoms. The summed E-state index contributed by atoms with van der Waals surface area (Å²) in [4.78, 5) is 26.8. The zero-order valence-corrected chi connectivity index (χ0v) is 27.5. The second kappa shape index (κ2) is 19.7. The van der Waals surface area contributed by atoms with Crippen molar-refractivity contribution in [2.75, 3.05) is 78.8 Å². The van der Waals surface area contributed by atoms with Gasteiger partial charge in [-0.05, 0) is 60.7 Å². The molecule has 1 heterocycles. The number of hydrogen-bond acceptors (Lipinski definition) is 11. The summed E-state index contributed by atoms with van der Waals surface area (Å²) in [6, 6.07) is 23.6. The van der Waals surface area contributed by atoms with Crippen molar-refractivity contribution in [3.05, 3.63) is 95.7 Å². The van der Waals surface area contributed by atoms with E-state index in [9.17, 15) is 9.59 Å². The maximum Gasteiger partial charge on any atom is 0.251 e. The molecule has 13 nitrogen and oxygen atoms in total. The van der Waals surface area contributed by atoms with Crippen LogP contribution < -0.4 is 15.5 Å². The van der Waals surface area contributed by atoms with Crippen LogP contribution in [0.1, 0.15) is 26.5 Å². The Morgan fingerprint density at radius 1 is 0.708 bits per heavy atom. The second-order valence-electron chi connectivity index (χ2n) is 10.7. The van der Waals surface area contributed by atoms with Crippen molar-refractivity contribution >= 4 is 28.9 Å². The Morgan fingerprint density at radius 3 is 1.69 bits per heavy atom. The van der Waals surface area contributed by atoms with Gasteiger partial charge < -0.3 is 39.0 Å². The van der Waals surface area contributed by atoms with Crippen molar-refractivity contribution in [1.29, 1.82) is 0 Å². The first-order valence-electron chi connectivity index (χ1n) is 15.6. The van der Waals surface area contributed by atoms with Crippen LogP contribution in [0.15, 0.2) is 93.6 Å². The quantitative estimate of drug-likeness (QED) is 0.0968. The lowest BCUT2D eigenvalue weighted by molar-refractivity contribution is 0.0157. The predicted molar refractivity (Wildman–Crippen MR) is 181 cm³/mol. The Bertz CT molecular complexity index is 1570. The van der Waals surface area contributed by atoms with Gasteiger partial charge in [0, 0.05) is 62.7 Å². The standard InChI is InChI=1S/C35H42N6O7/c1-41(2)31-14-12-30(13-15-31)39-38-29-10-8-28(9-11-29)35(43)37-17-19-46-21-23-47-22-20-45-18-16-36-34(42)27-6-4-26(5-7-27)33-24-32(25-44-3)48-40-33/h4-15,24H,16-23,25H2,1-3H3,(H,36,42)(H,37,43). The molecule has 0 unspecified atom stereocenters. The molecule has 4 aromatic rings. The lowest BCUT2D eigenvalue weighted by atomic mass is 10.1. The van der Waals surface area contributed by atoms with Crippen molar-refractivity contribution in [2.24, 2.45) is 10.2 Å². The normalized spacial score (nSPS) is 11.1. The van der Waals surface area contributed by atoms with Crippen molar-refractivity contribution in [3.8, 4) is 11.3 Å². The average molecular weight is 659 g/mol. The van der Waals surface area contributed by atoms with Gasteiger partial charge in [-0.15, -0.1) is 0 Å². The summed E-state index contributed by atoms with van der Waals surface area (Å²) in [5, 5.41) is 18.2. The molecule has 13 heteroatoms. The number of aromatic nitrogens is 1. The third-order valence-electron chi connectivity index (χ3n) is 6.87. The van der Waals surface area contributed by atoms with Crippen LogP contribution in [0.5, 0.6) is 0 Å². The van der Waals surface area contributed by atoms with E-state index in [0.717, 1.165) is 16.9 Å². The summed E-state index contributed by atoms with van der Waals surface area (Å²) in [5.74, 6) is 0.256. The number of carbonyl (C=O) groups is 2. The highest BCUT2D eigenvalue weighted by Gasteiger charge is 2.09. The van der Waals surface area contributed by atoms with Gasteiger partial charge in [0.25, 0.3) is 11.8 Å². The van der Waals surface area contributed by atoms with Crippen LogP contribution >= 0.6 is 0 Å². The number of hydrogen-bond donors (Lipinski definition) is 2.